The zero-order chi connectivity index (χ0) is 10.9. The molecule has 0 aromatic carbocycles. The molecule has 0 radical (unpaired) electrons. The van der Waals surface area contributed by atoms with Crippen molar-refractivity contribution in [3.8, 4) is 0 Å². The Bertz CT molecular complexity index is 352. The summed E-state index contributed by atoms with van der Waals surface area (Å²) in [6, 6.07) is 0. The Morgan fingerprint density at radius 2 is 2.21 bits per heavy atom. The van der Waals surface area contributed by atoms with Crippen molar-refractivity contribution in [1.82, 2.24) is 4.98 Å². The van der Waals surface area contributed by atoms with Crippen molar-refractivity contribution in [1.29, 1.82) is 0 Å². The molecule has 0 saturated carbocycles. The van der Waals surface area contributed by atoms with Crippen LogP contribution in [0.3, 0.4) is 0 Å². The Morgan fingerprint density at radius 3 is 2.50 bits per heavy atom. The number of carboxylic acid groups (broad SMARTS) is 1. The summed E-state index contributed by atoms with van der Waals surface area (Å²) >= 11 is 1.16. The van der Waals surface area contributed by atoms with Crippen molar-refractivity contribution in [2.24, 2.45) is 5.73 Å². The average molecular weight is 214 g/mol. The molecule has 0 amide bonds. The quantitative estimate of drug-likeness (QED) is 0.801. The van der Waals surface area contributed by atoms with Crippen LogP contribution in [0.4, 0.5) is 0 Å². The third-order valence-corrected chi connectivity index (χ3v) is 3.20. The fourth-order valence-corrected chi connectivity index (χ4v) is 2.04. The molecule has 4 nitrogen and oxygen atoms in total. The number of carboxylic acids is 1. The molecule has 0 spiro atoms. The van der Waals surface area contributed by atoms with E-state index in [-0.39, 0.29) is 0 Å². The molecule has 0 bridgehead atoms. The molecule has 1 heterocycles. The molecule has 0 unspecified atom stereocenters. The fraction of sp³-hybridized carbons (Fsp3) is 0.556. The minimum absolute atomic E-state index is 0.307. The van der Waals surface area contributed by atoms with E-state index in [2.05, 4.69) is 4.98 Å². The summed E-state index contributed by atoms with van der Waals surface area (Å²) in [6.07, 6.45) is 0.619. The second-order valence-electron chi connectivity index (χ2n) is 3.68. The molecule has 0 aliphatic heterocycles. The second kappa shape index (κ2) is 3.67. The van der Waals surface area contributed by atoms with Gasteiger partial charge in [0.25, 0.3) is 0 Å². The molecule has 0 fully saturated rings. The first-order chi connectivity index (χ1) is 6.36. The van der Waals surface area contributed by atoms with E-state index in [0.29, 0.717) is 22.0 Å². The fourth-order valence-electron chi connectivity index (χ4n) is 1.03. The summed E-state index contributed by atoms with van der Waals surface area (Å²) in [7, 11) is 0. The van der Waals surface area contributed by atoms with Crippen LogP contribution in [-0.2, 0) is 12.0 Å². The lowest BCUT2D eigenvalue weighted by molar-refractivity contribution is 0.0701. The summed E-state index contributed by atoms with van der Waals surface area (Å²) in [5, 5.41) is 9.58. The first kappa shape index (κ1) is 11.1. The Labute approximate surface area is 86.8 Å². The maximum Gasteiger partial charge on any atom is 0.347 e. The van der Waals surface area contributed by atoms with E-state index < -0.39 is 11.5 Å². The van der Waals surface area contributed by atoms with E-state index in [1.807, 2.05) is 20.8 Å². The van der Waals surface area contributed by atoms with Crippen LogP contribution in [0, 0.1) is 0 Å². The number of rotatable bonds is 3. The molecular formula is C9H14N2O2S. The van der Waals surface area contributed by atoms with E-state index in [1.165, 1.54) is 0 Å². The molecule has 1 aromatic heterocycles. The number of nitrogens with two attached hydrogens (primary N) is 1. The number of thiazole rings is 1. The standard InChI is InChI=1S/C9H14N2O2S/c1-4-5-6(7(12)13)14-8(11-5)9(2,3)10/h4,10H2,1-3H3,(H,12,13). The smallest absolute Gasteiger partial charge is 0.347 e. The zero-order valence-electron chi connectivity index (χ0n) is 8.50. The molecule has 5 heteroatoms. The minimum atomic E-state index is -0.921. The van der Waals surface area contributed by atoms with Crippen LogP contribution >= 0.6 is 11.3 Å². The largest absolute Gasteiger partial charge is 0.477 e. The monoisotopic (exact) mass is 214 g/mol. The zero-order valence-corrected chi connectivity index (χ0v) is 9.31. The van der Waals surface area contributed by atoms with Crippen LogP contribution in [-0.4, -0.2) is 16.1 Å². The number of hydrogen-bond donors (Lipinski definition) is 2. The molecular weight excluding hydrogens is 200 g/mol. The van der Waals surface area contributed by atoms with Crippen LogP contribution in [0.25, 0.3) is 0 Å². The van der Waals surface area contributed by atoms with Gasteiger partial charge in [-0.25, -0.2) is 9.78 Å². The van der Waals surface area contributed by atoms with Crippen molar-refractivity contribution in [2.75, 3.05) is 0 Å². The Kier molecular flexibility index (Phi) is 2.92. The van der Waals surface area contributed by atoms with E-state index >= 15 is 0 Å². The highest BCUT2D eigenvalue weighted by Crippen LogP contribution is 2.26. The van der Waals surface area contributed by atoms with E-state index in [0.717, 1.165) is 11.3 Å². The van der Waals surface area contributed by atoms with Crippen LogP contribution < -0.4 is 5.73 Å². The summed E-state index contributed by atoms with van der Waals surface area (Å²) in [5.41, 5.74) is 5.90. The number of aromatic nitrogens is 1. The lowest BCUT2D eigenvalue weighted by atomic mass is 10.1. The summed E-state index contributed by atoms with van der Waals surface area (Å²) in [4.78, 5) is 15.4. The Morgan fingerprint density at radius 1 is 1.64 bits per heavy atom. The van der Waals surface area contributed by atoms with Crippen molar-refractivity contribution in [3.05, 3.63) is 15.6 Å². The van der Waals surface area contributed by atoms with Gasteiger partial charge in [0.1, 0.15) is 9.88 Å². The minimum Gasteiger partial charge on any atom is -0.477 e. The van der Waals surface area contributed by atoms with Gasteiger partial charge in [-0.3, -0.25) is 0 Å². The van der Waals surface area contributed by atoms with Crippen molar-refractivity contribution < 1.29 is 9.90 Å². The van der Waals surface area contributed by atoms with Gasteiger partial charge in [-0.05, 0) is 20.3 Å². The molecule has 14 heavy (non-hydrogen) atoms. The van der Waals surface area contributed by atoms with Gasteiger partial charge in [-0.2, -0.15) is 0 Å². The summed E-state index contributed by atoms with van der Waals surface area (Å²) < 4.78 is 0. The van der Waals surface area contributed by atoms with Gasteiger partial charge in [0, 0.05) is 0 Å². The second-order valence-corrected chi connectivity index (χ2v) is 4.67. The number of hydrogen-bond acceptors (Lipinski definition) is 4. The molecule has 0 saturated heterocycles. The first-order valence-electron chi connectivity index (χ1n) is 4.38. The van der Waals surface area contributed by atoms with Crippen LogP contribution in [0.1, 0.15) is 41.1 Å². The van der Waals surface area contributed by atoms with Gasteiger partial charge in [0.05, 0.1) is 11.2 Å². The molecule has 3 N–H and O–H groups in total. The van der Waals surface area contributed by atoms with E-state index in [1.54, 1.807) is 0 Å². The van der Waals surface area contributed by atoms with Gasteiger partial charge >= 0.3 is 5.97 Å². The lowest BCUT2D eigenvalue weighted by Gasteiger charge is -2.13. The van der Waals surface area contributed by atoms with Gasteiger partial charge in [0.15, 0.2) is 0 Å². The molecule has 1 aromatic rings. The molecule has 0 atom stereocenters. The third-order valence-electron chi connectivity index (χ3n) is 1.78. The SMILES string of the molecule is CCc1nc(C(C)(C)N)sc1C(=O)O. The van der Waals surface area contributed by atoms with Crippen LogP contribution in [0.5, 0.6) is 0 Å². The Balaban J connectivity index is 3.20. The maximum atomic E-state index is 10.9. The lowest BCUT2D eigenvalue weighted by Crippen LogP contribution is -2.28. The normalized spacial score (nSPS) is 11.7. The summed E-state index contributed by atoms with van der Waals surface area (Å²) in [6.45, 7) is 5.52. The van der Waals surface area contributed by atoms with Gasteiger partial charge in [-0.15, -0.1) is 11.3 Å². The van der Waals surface area contributed by atoms with E-state index in [4.69, 9.17) is 10.8 Å². The van der Waals surface area contributed by atoms with Gasteiger partial charge in [-0.1, -0.05) is 6.92 Å². The average Bonchev–Trinajstić information content (AvgIpc) is 2.45. The summed E-state index contributed by atoms with van der Waals surface area (Å²) in [5.74, 6) is -0.921. The van der Waals surface area contributed by atoms with Gasteiger partial charge < -0.3 is 10.8 Å². The first-order valence-corrected chi connectivity index (χ1v) is 5.20. The molecule has 0 aliphatic rings. The topological polar surface area (TPSA) is 76.2 Å². The molecule has 0 aliphatic carbocycles. The van der Waals surface area contributed by atoms with Crippen molar-refractivity contribution in [2.45, 2.75) is 32.7 Å². The van der Waals surface area contributed by atoms with Crippen LogP contribution in [0.2, 0.25) is 0 Å². The maximum absolute atomic E-state index is 10.9. The predicted molar refractivity (Wildman–Crippen MR) is 55.7 cm³/mol. The van der Waals surface area contributed by atoms with Gasteiger partial charge in [0.2, 0.25) is 0 Å². The molecule has 1 rings (SSSR count). The number of aryl methyl sites for hydroxylation is 1. The third kappa shape index (κ3) is 2.10. The highest BCUT2D eigenvalue weighted by atomic mass is 32.1. The molecule has 78 valence electrons. The predicted octanol–water partition coefficient (Wildman–Crippen LogP) is 1.60. The van der Waals surface area contributed by atoms with Crippen LogP contribution in [0.15, 0.2) is 0 Å². The van der Waals surface area contributed by atoms with E-state index in [9.17, 15) is 4.79 Å². The highest BCUT2D eigenvalue weighted by Gasteiger charge is 2.23. The number of nitrogens with zero attached hydrogens (tertiary/aromatic N) is 1. The number of aromatic carboxylic acids is 1. The van der Waals surface area contributed by atoms with Crippen molar-refractivity contribution in [3.63, 3.8) is 0 Å². The Hall–Kier alpha value is -0.940. The number of carbonyl (C=O) groups is 1. The highest BCUT2D eigenvalue weighted by molar-refractivity contribution is 7.13. The van der Waals surface area contributed by atoms with Crippen molar-refractivity contribution >= 4 is 17.3 Å².